The highest BCUT2D eigenvalue weighted by atomic mass is 32.2. The number of amides is 1. The third kappa shape index (κ3) is 6.76. The van der Waals surface area contributed by atoms with Gasteiger partial charge in [0.1, 0.15) is 24.7 Å². The molecule has 3 aromatic rings. The SMILES string of the molecule is COc1cccc(N(CC(=O)NCCOc2ccccc2C(C)(C)C)S(=O)(=O)c2ccccc2)c1. The van der Waals surface area contributed by atoms with E-state index >= 15 is 0 Å². The predicted octanol–water partition coefficient (Wildman–Crippen LogP) is 4.38. The topological polar surface area (TPSA) is 84.9 Å². The molecule has 0 bridgehead atoms. The Hall–Kier alpha value is -3.52. The van der Waals surface area contributed by atoms with Crippen molar-refractivity contribution in [1.82, 2.24) is 5.32 Å². The van der Waals surface area contributed by atoms with Crippen molar-refractivity contribution >= 4 is 21.6 Å². The number of nitrogens with one attached hydrogen (secondary N) is 1. The Kier molecular flexibility index (Phi) is 8.40. The number of carbonyl (C=O) groups excluding carboxylic acids is 1. The maximum Gasteiger partial charge on any atom is 0.264 e. The van der Waals surface area contributed by atoms with Crippen LogP contribution in [0.1, 0.15) is 26.3 Å². The molecule has 3 rings (SSSR count). The minimum Gasteiger partial charge on any atom is -0.497 e. The fraction of sp³-hybridized carbons (Fsp3) is 0.296. The van der Waals surface area contributed by atoms with Gasteiger partial charge in [0, 0.05) is 6.07 Å². The molecule has 0 aliphatic heterocycles. The summed E-state index contributed by atoms with van der Waals surface area (Å²) in [5.74, 6) is 0.807. The molecule has 186 valence electrons. The highest BCUT2D eigenvalue weighted by molar-refractivity contribution is 7.92. The van der Waals surface area contributed by atoms with Gasteiger partial charge in [-0.05, 0) is 41.3 Å². The number of ether oxygens (including phenoxy) is 2. The first-order chi connectivity index (χ1) is 16.6. The van der Waals surface area contributed by atoms with Gasteiger partial charge in [0.05, 0.1) is 24.2 Å². The zero-order valence-electron chi connectivity index (χ0n) is 20.5. The van der Waals surface area contributed by atoms with Crippen LogP contribution in [0.5, 0.6) is 11.5 Å². The lowest BCUT2D eigenvalue weighted by Crippen LogP contribution is -2.42. The number of sulfonamides is 1. The number of methoxy groups -OCH3 is 1. The molecule has 35 heavy (non-hydrogen) atoms. The summed E-state index contributed by atoms with van der Waals surface area (Å²) < 4.78 is 39.0. The van der Waals surface area contributed by atoms with E-state index in [4.69, 9.17) is 9.47 Å². The molecule has 0 unspecified atom stereocenters. The van der Waals surface area contributed by atoms with Crippen molar-refractivity contribution in [1.29, 1.82) is 0 Å². The maximum absolute atomic E-state index is 13.4. The predicted molar refractivity (Wildman–Crippen MR) is 138 cm³/mol. The molecule has 0 aliphatic carbocycles. The summed E-state index contributed by atoms with van der Waals surface area (Å²) >= 11 is 0. The van der Waals surface area contributed by atoms with E-state index in [1.807, 2.05) is 24.3 Å². The van der Waals surface area contributed by atoms with Gasteiger partial charge in [0.25, 0.3) is 10.0 Å². The molecule has 3 aromatic carbocycles. The van der Waals surface area contributed by atoms with Crippen LogP contribution in [0.4, 0.5) is 5.69 Å². The Labute approximate surface area is 207 Å². The van der Waals surface area contributed by atoms with Crippen LogP contribution in [0.3, 0.4) is 0 Å². The van der Waals surface area contributed by atoms with Crippen LogP contribution >= 0.6 is 0 Å². The highest BCUT2D eigenvalue weighted by Crippen LogP contribution is 2.31. The molecule has 1 amide bonds. The summed E-state index contributed by atoms with van der Waals surface area (Å²) in [5, 5.41) is 2.76. The molecule has 0 aliphatic rings. The van der Waals surface area contributed by atoms with Crippen molar-refractivity contribution in [2.45, 2.75) is 31.1 Å². The van der Waals surface area contributed by atoms with Crippen LogP contribution < -0.4 is 19.1 Å². The standard InChI is InChI=1S/C27H32N2O5S/c1-27(2,3)24-15-8-9-16-25(24)34-18-17-28-26(30)20-29(21-11-10-12-22(19-21)33-4)35(31,32)23-13-6-5-7-14-23/h5-16,19H,17-18,20H2,1-4H3,(H,28,30). The van der Waals surface area contributed by atoms with Gasteiger partial charge in [-0.2, -0.15) is 0 Å². The molecule has 8 heteroatoms. The Bertz CT molecular complexity index is 1240. The fourth-order valence-corrected chi connectivity index (χ4v) is 4.98. The van der Waals surface area contributed by atoms with Gasteiger partial charge < -0.3 is 14.8 Å². The van der Waals surface area contributed by atoms with Crippen molar-refractivity contribution in [2.24, 2.45) is 0 Å². The normalized spacial score (nSPS) is 11.5. The number of benzene rings is 3. The first-order valence-electron chi connectivity index (χ1n) is 11.3. The molecule has 0 spiro atoms. The molecular weight excluding hydrogens is 464 g/mol. The van der Waals surface area contributed by atoms with Crippen LogP contribution in [0, 0.1) is 0 Å². The smallest absolute Gasteiger partial charge is 0.264 e. The van der Waals surface area contributed by atoms with Crippen LogP contribution in [0.25, 0.3) is 0 Å². The molecule has 0 atom stereocenters. The van der Waals surface area contributed by atoms with E-state index in [9.17, 15) is 13.2 Å². The van der Waals surface area contributed by atoms with Gasteiger partial charge in [-0.25, -0.2) is 8.42 Å². The average Bonchev–Trinajstić information content (AvgIpc) is 2.85. The molecule has 0 heterocycles. The van der Waals surface area contributed by atoms with Gasteiger partial charge in [-0.3, -0.25) is 9.10 Å². The molecule has 0 aromatic heterocycles. The Morgan fingerprint density at radius 3 is 2.31 bits per heavy atom. The number of hydrogen-bond donors (Lipinski definition) is 1. The second kappa shape index (κ2) is 11.3. The number of nitrogens with zero attached hydrogens (tertiary/aromatic N) is 1. The number of carbonyl (C=O) groups is 1. The first-order valence-corrected chi connectivity index (χ1v) is 12.8. The number of anilines is 1. The lowest BCUT2D eigenvalue weighted by molar-refractivity contribution is -0.119. The van der Waals surface area contributed by atoms with E-state index in [2.05, 4.69) is 26.1 Å². The van der Waals surface area contributed by atoms with Gasteiger partial charge in [-0.1, -0.05) is 63.2 Å². The largest absolute Gasteiger partial charge is 0.497 e. The molecule has 0 saturated heterocycles. The molecule has 1 N–H and O–H groups in total. The summed E-state index contributed by atoms with van der Waals surface area (Å²) in [7, 11) is -2.48. The summed E-state index contributed by atoms with van der Waals surface area (Å²) in [6, 6.07) is 22.4. The van der Waals surface area contributed by atoms with E-state index in [0.29, 0.717) is 11.4 Å². The minimum atomic E-state index is -3.98. The van der Waals surface area contributed by atoms with Crippen molar-refractivity contribution < 1.29 is 22.7 Å². The van der Waals surface area contributed by atoms with E-state index in [1.54, 1.807) is 42.5 Å². The monoisotopic (exact) mass is 496 g/mol. The van der Waals surface area contributed by atoms with Gasteiger partial charge >= 0.3 is 0 Å². The average molecular weight is 497 g/mol. The van der Waals surface area contributed by atoms with Crippen molar-refractivity contribution in [3.63, 3.8) is 0 Å². The van der Waals surface area contributed by atoms with E-state index in [1.165, 1.54) is 19.2 Å². The van der Waals surface area contributed by atoms with Crippen molar-refractivity contribution in [3.05, 3.63) is 84.4 Å². The first kappa shape index (κ1) is 26.1. The Morgan fingerprint density at radius 1 is 0.943 bits per heavy atom. The van der Waals surface area contributed by atoms with Crippen molar-refractivity contribution in [3.8, 4) is 11.5 Å². The number of para-hydroxylation sites is 1. The van der Waals surface area contributed by atoms with Gasteiger partial charge in [-0.15, -0.1) is 0 Å². The van der Waals surface area contributed by atoms with E-state index in [0.717, 1.165) is 15.6 Å². The highest BCUT2D eigenvalue weighted by Gasteiger charge is 2.27. The fourth-order valence-electron chi connectivity index (χ4n) is 3.55. The van der Waals surface area contributed by atoms with Crippen LogP contribution in [0.15, 0.2) is 83.8 Å². The van der Waals surface area contributed by atoms with Crippen LogP contribution in [-0.4, -0.2) is 41.1 Å². The summed E-state index contributed by atoms with van der Waals surface area (Å²) in [6.07, 6.45) is 0. The summed E-state index contributed by atoms with van der Waals surface area (Å²) in [5.41, 5.74) is 1.33. The molecule has 0 fully saturated rings. The third-order valence-electron chi connectivity index (χ3n) is 5.34. The lowest BCUT2D eigenvalue weighted by Gasteiger charge is -2.25. The number of rotatable bonds is 10. The molecular formula is C27H32N2O5S. The zero-order chi connectivity index (χ0) is 25.5. The zero-order valence-corrected chi connectivity index (χ0v) is 21.3. The lowest BCUT2D eigenvalue weighted by atomic mass is 9.86. The van der Waals surface area contributed by atoms with E-state index in [-0.39, 0.29) is 30.0 Å². The second-order valence-electron chi connectivity index (χ2n) is 8.97. The number of hydrogen-bond acceptors (Lipinski definition) is 5. The van der Waals surface area contributed by atoms with Crippen LogP contribution in [-0.2, 0) is 20.2 Å². The second-order valence-corrected chi connectivity index (χ2v) is 10.8. The Morgan fingerprint density at radius 2 is 1.63 bits per heavy atom. The molecule has 0 radical (unpaired) electrons. The van der Waals surface area contributed by atoms with Crippen molar-refractivity contribution in [2.75, 3.05) is 31.1 Å². The quantitative estimate of drug-likeness (QED) is 0.421. The van der Waals surface area contributed by atoms with Gasteiger partial charge in [0.15, 0.2) is 0 Å². The van der Waals surface area contributed by atoms with Gasteiger partial charge in [0.2, 0.25) is 5.91 Å². The van der Waals surface area contributed by atoms with E-state index < -0.39 is 15.9 Å². The molecule has 7 nitrogen and oxygen atoms in total. The third-order valence-corrected chi connectivity index (χ3v) is 7.12. The maximum atomic E-state index is 13.4. The summed E-state index contributed by atoms with van der Waals surface area (Å²) in [6.45, 7) is 6.42. The summed E-state index contributed by atoms with van der Waals surface area (Å²) in [4.78, 5) is 12.9. The molecule has 0 saturated carbocycles. The minimum absolute atomic E-state index is 0.0805. The van der Waals surface area contributed by atoms with Crippen LogP contribution in [0.2, 0.25) is 0 Å². The Balaban J connectivity index is 1.71.